The van der Waals surface area contributed by atoms with Gasteiger partial charge in [0.2, 0.25) is 0 Å². The number of alkyl halides is 3. The molecule has 1 aromatic heterocycles. The molecule has 1 heterocycles. The third-order valence-electron chi connectivity index (χ3n) is 4.34. The standard InChI is InChI=1S/C13H21F3N4/c1-20-7-6-18-12(20)8-11(19-17)9-2-4-10(5-3-9)13(14,15)16/h6-7,9-11,19H,2-5,8,17H2,1H3. The van der Waals surface area contributed by atoms with Crippen LogP contribution in [0.4, 0.5) is 13.2 Å². The molecule has 20 heavy (non-hydrogen) atoms. The van der Waals surface area contributed by atoms with Crippen molar-refractivity contribution in [2.75, 3.05) is 0 Å². The molecule has 1 saturated carbocycles. The number of hydrazine groups is 1. The van der Waals surface area contributed by atoms with Crippen LogP contribution in [0.15, 0.2) is 12.4 Å². The molecule has 0 radical (unpaired) electrons. The summed E-state index contributed by atoms with van der Waals surface area (Å²) < 4.78 is 39.9. The lowest BCUT2D eigenvalue weighted by atomic mass is 9.77. The fourth-order valence-corrected chi connectivity index (χ4v) is 3.00. The summed E-state index contributed by atoms with van der Waals surface area (Å²) in [6.45, 7) is 0. The van der Waals surface area contributed by atoms with Gasteiger partial charge in [-0.05, 0) is 31.6 Å². The first-order valence-electron chi connectivity index (χ1n) is 6.91. The second-order valence-corrected chi connectivity index (χ2v) is 5.58. The first-order valence-corrected chi connectivity index (χ1v) is 6.91. The minimum Gasteiger partial charge on any atom is -0.338 e. The number of imidazole rings is 1. The van der Waals surface area contributed by atoms with Crippen molar-refractivity contribution >= 4 is 0 Å². The van der Waals surface area contributed by atoms with E-state index >= 15 is 0 Å². The van der Waals surface area contributed by atoms with E-state index in [1.165, 1.54) is 0 Å². The van der Waals surface area contributed by atoms with Gasteiger partial charge in [-0.15, -0.1) is 0 Å². The van der Waals surface area contributed by atoms with Gasteiger partial charge in [0.1, 0.15) is 5.82 Å². The van der Waals surface area contributed by atoms with Crippen LogP contribution in [-0.4, -0.2) is 21.8 Å². The molecule has 0 aromatic carbocycles. The molecule has 0 bridgehead atoms. The number of rotatable bonds is 4. The molecule has 0 spiro atoms. The number of nitrogens with one attached hydrogen (secondary N) is 1. The molecule has 4 nitrogen and oxygen atoms in total. The molecular weight excluding hydrogens is 269 g/mol. The monoisotopic (exact) mass is 290 g/mol. The second-order valence-electron chi connectivity index (χ2n) is 5.58. The summed E-state index contributed by atoms with van der Waals surface area (Å²) in [6, 6.07) is -0.0229. The molecule has 1 unspecified atom stereocenters. The first-order chi connectivity index (χ1) is 9.41. The minimum absolute atomic E-state index is 0.0229. The largest absolute Gasteiger partial charge is 0.391 e. The van der Waals surface area contributed by atoms with E-state index in [0.29, 0.717) is 19.3 Å². The van der Waals surface area contributed by atoms with Gasteiger partial charge in [-0.1, -0.05) is 0 Å². The van der Waals surface area contributed by atoms with Crippen molar-refractivity contribution in [3.05, 3.63) is 18.2 Å². The maximum atomic E-state index is 12.7. The molecule has 7 heteroatoms. The van der Waals surface area contributed by atoms with E-state index < -0.39 is 12.1 Å². The van der Waals surface area contributed by atoms with E-state index in [-0.39, 0.29) is 24.8 Å². The van der Waals surface area contributed by atoms with Crippen LogP contribution < -0.4 is 11.3 Å². The molecule has 114 valence electrons. The van der Waals surface area contributed by atoms with Crippen LogP contribution in [0.5, 0.6) is 0 Å². The zero-order valence-electron chi connectivity index (χ0n) is 11.5. The van der Waals surface area contributed by atoms with Crippen LogP contribution in [0.3, 0.4) is 0 Å². The van der Waals surface area contributed by atoms with E-state index in [9.17, 15) is 13.2 Å². The van der Waals surface area contributed by atoms with Crippen molar-refractivity contribution in [2.24, 2.45) is 24.7 Å². The highest BCUT2D eigenvalue weighted by Crippen LogP contribution is 2.40. The SMILES string of the molecule is Cn1ccnc1CC(NN)C1CCC(C(F)(F)F)CC1. The summed E-state index contributed by atoms with van der Waals surface area (Å²) in [4.78, 5) is 4.24. The van der Waals surface area contributed by atoms with Crippen molar-refractivity contribution in [1.82, 2.24) is 15.0 Å². The minimum atomic E-state index is -4.06. The van der Waals surface area contributed by atoms with Crippen molar-refractivity contribution in [2.45, 2.75) is 44.3 Å². The molecule has 3 N–H and O–H groups in total. The Morgan fingerprint density at radius 1 is 1.40 bits per heavy atom. The Bertz CT molecular complexity index is 421. The Kier molecular flexibility index (Phi) is 4.70. The molecular formula is C13H21F3N4. The van der Waals surface area contributed by atoms with Crippen LogP contribution in [0.25, 0.3) is 0 Å². The molecule has 1 aromatic rings. The highest BCUT2D eigenvalue weighted by atomic mass is 19.4. The smallest absolute Gasteiger partial charge is 0.338 e. The van der Waals surface area contributed by atoms with Crippen LogP contribution in [0.2, 0.25) is 0 Å². The summed E-state index contributed by atoms with van der Waals surface area (Å²) in [5, 5.41) is 0. The van der Waals surface area contributed by atoms with Gasteiger partial charge in [-0.25, -0.2) is 4.98 Å². The maximum absolute atomic E-state index is 12.7. The van der Waals surface area contributed by atoms with Crippen LogP contribution in [0.1, 0.15) is 31.5 Å². The molecule has 0 amide bonds. The first kappa shape index (κ1) is 15.3. The van der Waals surface area contributed by atoms with Crippen molar-refractivity contribution < 1.29 is 13.2 Å². The predicted molar refractivity (Wildman–Crippen MR) is 69.5 cm³/mol. The highest BCUT2D eigenvalue weighted by Gasteiger charge is 2.42. The van der Waals surface area contributed by atoms with E-state index in [1.807, 2.05) is 17.8 Å². The Labute approximate surface area is 116 Å². The number of nitrogens with zero attached hydrogens (tertiary/aromatic N) is 2. The third-order valence-corrected chi connectivity index (χ3v) is 4.34. The van der Waals surface area contributed by atoms with Crippen LogP contribution >= 0.6 is 0 Å². The van der Waals surface area contributed by atoms with Gasteiger partial charge in [-0.2, -0.15) is 13.2 Å². The zero-order valence-corrected chi connectivity index (χ0v) is 11.5. The molecule has 0 aliphatic heterocycles. The normalized spacial score (nSPS) is 25.6. The summed E-state index contributed by atoms with van der Waals surface area (Å²) in [5.41, 5.74) is 2.76. The summed E-state index contributed by atoms with van der Waals surface area (Å²) in [6.07, 6.45) is 1.66. The molecule has 2 rings (SSSR count). The fraction of sp³-hybridized carbons (Fsp3) is 0.769. The van der Waals surface area contributed by atoms with E-state index in [0.717, 1.165) is 5.82 Å². The van der Waals surface area contributed by atoms with Gasteiger partial charge in [0.05, 0.1) is 5.92 Å². The molecule has 0 saturated heterocycles. The van der Waals surface area contributed by atoms with Gasteiger partial charge in [0.25, 0.3) is 0 Å². The summed E-state index contributed by atoms with van der Waals surface area (Å²) >= 11 is 0. The van der Waals surface area contributed by atoms with Crippen LogP contribution in [-0.2, 0) is 13.5 Å². The number of hydrogen-bond acceptors (Lipinski definition) is 3. The Morgan fingerprint density at radius 3 is 2.50 bits per heavy atom. The van der Waals surface area contributed by atoms with E-state index in [1.54, 1.807) is 6.20 Å². The van der Waals surface area contributed by atoms with Gasteiger partial charge >= 0.3 is 6.18 Å². The van der Waals surface area contributed by atoms with Crippen molar-refractivity contribution in [3.8, 4) is 0 Å². The van der Waals surface area contributed by atoms with Gasteiger partial charge in [0.15, 0.2) is 0 Å². The maximum Gasteiger partial charge on any atom is 0.391 e. The second kappa shape index (κ2) is 6.13. The fourth-order valence-electron chi connectivity index (χ4n) is 3.00. The Hall–Kier alpha value is -1.08. The topological polar surface area (TPSA) is 55.9 Å². The van der Waals surface area contributed by atoms with E-state index in [2.05, 4.69) is 10.4 Å². The van der Waals surface area contributed by atoms with Crippen molar-refractivity contribution in [3.63, 3.8) is 0 Å². The van der Waals surface area contributed by atoms with Gasteiger partial charge in [0, 0.05) is 31.9 Å². The third kappa shape index (κ3) is 3.52. The number of halogens is 3. The Morgan fingerprint density at radius 2 is 2.05 bits per heavy atom. The van der Waals surface area contributed by atoms with Crippen LogP contribution in [0, 0.1) is 11.8 Å². The lowest BCUT2D eigenvalue weighted by Gasteiger charge is -2.34. The lowest BCUT2D eigenvalue weighted by Crippen LogP contribution is -2.45. The molecule has 1 aliphatic rings. The number of aryl methyl sites for hydroxylation is 1. The lowest BCUT2D eigenvalue weighted by molar-refractivity contribution is -0.184. The van der Waals surface area contributed by atoms with E-state index in [4.69, 9.17) is 5.84 Å². The number of nitrogens with two attached hydrogens (primary N) is 1. The predicted octanol–water partition coefficient (Wildman–Crippen LogP) is 2.16. The summed E-state index contributed by atoms with van der Waals surface area (Å²) in [5.74, 6) is 5.50. The quantitative estimate of drug-likeness (QED) is 0.660. The molecule has 1 atom stereocenters. The highest BCUT2D eigenvalue weighted by molar-refractivity contribution is 4.96. The van der Waals surface area contributed by atoms with Gasteiger partial charge < -0.3 is 4.57 Å². The number of hydrogen-bond donors (Lipinski definition) is 2. The Balaban J connectivity index is 1.92. The zero-order chi connectivity index (χ0) is 14.8. The van der Waals surface area contributed by atoms with Gasteiger partial charge in [-0.3, -0.25) is 11.3 Å². The average Bonchev–Trinajstić information content (AvgIpc) is 2.80. The average molecular weight is 290 g/mol. The van der Waals surface area contributed by atoms with Crippen molar-refractivity contribution in [1.29, 1.82) is 0 Å². The summed E-state index contributed by atoms with van der Waals surface area (Å²) in [7, 11) is 1.90. The number of aromatic nitrogens is 2. The molecule has 1 fully saturated rings. The molecule has 1 aliphatic carbocycles.